The Labute approximate surface area is 101 Å². The molecular formula is C12H18N2O3. The molecule has 0 aliphatic rings. The van der Waals surface area contributed by atoms with Gasteiger partial charge in [0.1, 0.15) is 11.4 Å². The maximum atomic E-state index is 11.7. The summed E-state index contributed by atoms with van der Waals surface area (Å²) in [5, 5.41) is 9.11. The van der Waals surface area contributed by atoms with Crippen molar-refractivity contribution in [1.29, 1.82) is 0 Å². The minimum absolute atomic E-state index is 0.00462. The molecule has 0 saturated carbocycles. The number of aromatic nitrogens is 1. The van der Waals surface area contributed by atoms with Gasteiger partial charge in [0.05, 0.1) is 19.3 Å². The second kappa shape index (κ2) is 6.20. The first kappa shape index (κ1) is 13.4. The minimum atomic E-state index is -0.396. The third kappa shape index (κ3) is 3.17. The van der Waals surface area contributed by atoms with Crippen molar-refractivity contribution < 1.29 is 14.6 Å². The number of anilines is 1. The average molecular weight is 238 g/mol. The standard InChI is InChI=1S/C12H18N2O3/c1-4-17-12(16)10-6-5-7-13-11(10)14(3)9(2)8-15/h5-7,9,15H,4,8H2,1-3H3. The summed E-state index contributed by atoms with van der Waals surface area (Å²) in [5.74, 6) is 0.125. The van der Waals surface area contributed by atoms with Crippen molar-refractivity contribution in [3.8, 4) is 0 Å². The van der Waals surface area contributed by atoms with Gasteiger partial charge in [-0.05, 0) is 26.0 Å². The van der Waals surface area contributed by atoms with E-state index in [1.807, 2.05) is 6.92 Å². The number of carbonyl (C=O) groups excluding carboxylic acids is 1. The van der Waals surface area contributed by atoms with E-state index in [2.05, 4.69) is 4.98 Å². The molecule has 0 saturated heterocycles. The molecule has 0 bridgehead atoms. The molecule has 0 amide bonds. The molecule has 1 N–H and O–H groups in total. The van der Waals surface area contributed by atoms with Gasteiger partial charge >= 0.3 is 5.97 Å². The topological polar surface area (TPSA) is 62.7 Å². The maximum Gasteiger partial charge on any atom is 0.341 e. The van der Waals surface area contributed by atoms with Gasteiger partial charge in [-0.3, -0.25) is 0 Å². The molecule has 0 aromatic carbocycles. The Bertz CT molecular complexity index is 382. The first-order valence-electron chi connectivity index (χ1n) is 5.57. The summed E-state index contributed by atoms with van der Waals surface area (Å²) in [6.07, 6.45) is 1.61. The van der Waals surface area contributed by atoms with Crippen LogP contribution in [0.15, 0.2) is 18.3 Å². The van der Waals surface area contributed by atoms with Crippen molar-refractivity contribution in [2.24, 2.45) is 0 Å². The van der Waals surface area contributed by atoms with Crippen molar-refractivity contribution in [2.45, 2.75) is 19.9 Å². The zero-order valence-corrected chi connectivity index (χ0v) is 10.4. The van der Waals surface area contributed by atoms with Crippen LogP contribution >= 0.6 is 0 Å². The van der Waals surface area contributed by atoms with Gasteiger partial charge in [0.25, 0.3) is 0 Å². The lowest BCUT2D eigenvalue weighted by atomic mass is 10.2. The second-order valence-electron chi connectivity index (χ2n) is 3.74. The number of aliphatic hydroxyl groups excluding tert-OH is 1. The third-order valence-electron chi connectivity index (χ3n) is 2.54. The van der Waals surface area contributed by atoms with Crippen molar-refractivity contribution in [3.63, 3.8) is 0 Å². The van der Waals surface area contributed by atoms with Crippen LogP contribution in [0.25, 0.3) is 0 Å². The summed E-state index contributed by atoms with van der Waals surface area (Å²) in [5.41, 5.74) is 0.414. The highest BCUT2D eigenvalue weighted by molar-refractivity contribution is 5.94. The maximum absolute atomic E-state index is 11.7. The lowest BCUT2D eigenvalue weighted by Gasteiger charge is -2.25. The smallest absolute Gasteiger partial charge is 0.341 e. The lowest BCUT2D eigenvalue weighted by Crippen LogP contribution is -2.33. The van der Waals surface area contributed by atoms with Crippen LogP contribution in [-0.2, 0) is 4.74 Å². The molecule has 1 atom stereocenters. The normalized spacial score (nSPS) is 12.0. The van der Waals surface area contributed by atoms with Crippen LogP contribution in [0.2, 0.25) is 0 Å². The molecule has 94 valence electrons. The fourth-order valence-electron chi connectivity index (χ4n) is 1.38. The molecule has 1 unspecified atom stereocenters. The number of likely N-dealkylation sites (N-methyl/N-ethyl adjacent to an activating group) is 1. The zero-order valence-electron chi connectivity index (χ0n) is 10.4. The van der Waals surface area contributed by atoms with Crippen LogP contribution in [0, 0.1) is 0 Å². The molecule has 0 fully saturated rings. The average Bonchev–Trinajstić information content (AvgIpc) is 2.37. The Balaban J connectivity index is 3.03. The first-order chi connectivity index (χ1) is 8.11. The number of nitrogens with zero attached hydrogens (tertiary/aromatic N) is 2. The number of pyridine rings is 1. The molecule has 0 aliphatic carbocycles. The van der Waals surface area contributed by atoms with Gasteiger partial charge in [-0.25, -0.2) is 9.78 Å². The van der Waals surface area contributed by atoms with Gasteiger partial charge in [0.2, 0.25) is 0 Å². The van der Waals surface area contributed by atoms with Gasteiger partial charge in [-0.2, -0.15) is 0 Å². The summed E-state index contributed by atoms with van der Waals surface area (Å²) in [6, 6.07) is 3.24. The van der Waals surface area contributed by atoms with E-state index in [4.69, 9.17) is 9.84 Å². The highest BCUT2D eigenvalue weighted by Gasteiger charge is 2.19. The number of ether oxygens (including phenoxy) is 1. The quantitative estimate of drug-likeness (QED) is 0.778. The molecule has 0 spiro atoms. The van der Waals surface area contributed by atoms with Crippen LogP contribution in [0.4, 0.5) is 5.82 Å². The predicted octanol–water partition coefficient (Wildman–Crippen LogP) is 1.08. The molecule has 5 nitrogen and oxygen atoms in total. The molecular weight excluding hydrogens is 220 g/mol. The van der Waals surface area contributed by atoms with E-state index in [0.29, 0.717) is 18.0 Å². The van der Waals surface area contributed by atoms with E-state index in [9.17, 15) is 4.79 Å². The summed E-state index contributed by atoms with van der Waals surface area (Å²) >= 11 is 0. The van der Waals surface area contributed by atoms with Crippen molar-refractivity contribution in [3.05, 3.63) is 23.9 Å². The molecule has 1 rings (SSSR count). The largest absolute Gasteiger partial charge is 0.462 e. The summed E-state index contributed by atoms with van der Waals surface area (Å²) < 4.78 is 4.96. The molecule has 0 aliphatic heterocycles. The van der Waals surface area contributed by atoms with Crippen LogP contribution in [-0.4, -0.2) is 42.4 Å². The van der Waals surface area contributed by atoms with Crippen LogP contribution < -0.4 is 4.90 Å². The minimum Gasteiger partial charge on any atom is -0.462 e. The molecule has 1 aromatic heterocycles. The van der Waals surface area contributed by atoms with E-state index in [-0.39, 0.29) is 12.6 Å². The van der Waals surface area contributed by atoms with E-state index in [0.717, 1.165) is 0 Å². The SMILES string of the molecule is CCOC(=O)c1cccnc1N(C)C(C)CO. The van der Waals surface area contributed by atoms with E-state index < -0.39 is 5.97 Å². The van der Waals surface area contributed by atoms with Gasteiger partial charge in [-0.1, -0.05) is 0 Å². The Morgan fingerprint density at radius 2 is 2.35 bits per heavy atom. The highest BCUT2D eigenvalue weighted by atomic mass is 16.5. The van der Waals surface area contributed by atoms with E-state index >= 15 is 0 Å². The fourth-order valence-corrected chi connectivity index (χ4v) is 1.38. The number of rotatable bonds is 5. The Morgan fingerprint density at radius 3 is 2.94 bits per heavy atom. The summed E-state index contributed by atoms with van der Waals surface area (Å²) in [6.45, 7) is 3.93. The van der Waals surface area contributed by atoms with Gasteiger partial charge in [0.15, 0.2) is 0 Å². The van der Waals surface area contributed by atoms with Gasteiger partial charge in [-0.15, -0.1) is 0 Å². The van der Waals surface area contributed by atoms with E-state index in [1.165, 1.54) is 0 Å². The number of esters is 1. The molecule has 1 aromatic rings. The first-order valence-corrected chi connectivity index (χ1v) is 5.57. The molecule has 17 heavy (non-hydrogen) atoms. The van der Waals surface area contributed by atoms with E-state index in [1.54, 1.807) is 37.2 Å². The zero-order chi connectivity index (χ0) is 12.8. The van der Waals surface area contributed by atoms with Crippen LogP contribution in [0.3, 0.4) is 0 Å². The van der Waals surface area contributed by atoms with Crippen molar-refractivity contribution >= 4 is 11.8 Å². The fraction of sp³-hybridized carbons (Fsp3) is 0.500. The summed E-state index contributed by atoms with van der Waals surface area (Å²) in [7, 11) is 1.78. The Morgan fingerprint density at radius 1 is 1.65 bits per heavy atom. The third-order valence-corrected chi connectivity index (χ3v) is 2.54. The lowest BCUT2D eigenvalue weighted by molar-refractivity contribution is 0.0526. The Hall–Kier alpha value is -1.62. The molecule has 0 radical (unpaired) electrons. The number of hydrogen-bond donors (Lipinski definition) is 1. The summed E-state index contributed by atoms with van der Waals surface area (Å²) in [4.78, 5) is 17.7. The monoisotopic (exact) mass is 238 g/mol. The number of hydrogen-bond acceptors (Lipinski definition) is 5. The van der Waals surface area contributed by atoms with Crippen LogP contribution in [0.1, 0.15) is 24.2 Å². The highest BCUT2D eigenvalue weighted by Crippen LogP contribution is 2.18. The number of carbonyl (C=O) groups is 1. The van der Waals surface area contributed by atoms with Gasteiger partial charge < -0.3 is 14.7 Å². The van der Waals surface area contributed by atoms with Crippen molar-refractivity contribution in [2.75, 3.05) is 25.2 Å². The molecule has 1 heterocycles. The molecule has 5 heteroatoms. The Kier molecular flexibility index (Phi) is 4.90. The van der Waals surface area contributed by atoms with Gasteiger partial charge in [0, 0.05) is 13.2 Å². The number of aliphatic hydroxyl groups is 1. The van der Waals surface area contributed by atoms with Crippen molar-refractivity contribution in [1.82, 2.24) is 4.98 Å². The predicted molar refractivity (Wildman–Crippen MR) is 65.1 cm³/mol. The second-order valence-corrected chi connectivity index (χ2v) is 3.74. The van der Waals surface area contributed by atoms with Crippen LogP contribution in [0.5, 0.6) is 0 Å².